The molecule has 2 rings (SSSR count). The van der Waals surface area contributed by atoms with Gasteiger partial charge in [0.1, 0.15) is 4.99 Å². The van der Waals surface area contributed by atoms with Crippen molar-refractivity contribution in [3.05, 3.63) is 47.8 Å². The lowest BCUT2D eigenvalue weighted by atomic mass is 10.2. The first kappa shape index (κ1) is 15.2. The maximum Gasteiger partial charge on any atom is 0.224 e. The van der Waals surface area contributed by atoms with Crippen molar-refractivity contribution in [3.63, 3.8) is 0 Å². The van der Waals surface area contributed by atoms with Crippen molar-refractivity contribution in [3.8, 4) is 0 Å². The van der Waals surface area contributed by atoms with E-state index in [1.54, 1.807) is 30.5 Å². The zero-order valence-corrected chi connectivity index (χ0v) is 12.7. The minimum atomic E-state index is -0.0112. The van der Waals surface area contributed by atoms with Crippen molar-refractivity contribution >= 4 is 28.8 Å². The number of aryl methyl sites for hydroxylation is 2. The van der Waals surface area contributed by atoms with Crippen LogP contribution in [0.5, 0.6) is 0 Å². The van der Waals surface area contributed by atoms with E-state index < -0.39 is 0 Å². The van der Waals surface area contributed by atoms with Crippen LogP contribution in [0.1, 0.15) is 24.1 Å². The Bertz CT molecular complexity index is 633. The molecule has 3 N–H and O–H groups in total. The number of nitrogens with one attached hydrogen (secondary N) is 1. The summed E-state index contributed by atoms with van der Waals surface area (Å²) in [7, 11) is 0. The summed E-state index contributed by atoms with van der Waals surface area (Å²) in [5.41, 5.74) is 8.16. The molecular formula is C15H18N4OS. The van der Waals surface area contributed by atoms with E-state index in [0.29, 0.717) is 11.4 Å². The molecule has 1 aromatic carbocycles. The van der Waals surface area contributed by atoms with Crippen LogP contribution >= 0.6 is 12.2 Å². The molecule has 110 valence electrons. The number of nitrogens with two attached hydrogens (primary N) is 1. The lowest BCUT2D eigenvalue weighted by molar-refractivity contribution is -0.116. The van der Waals surface area contributed by atoms with Gasteiger partial charge >= 0.3 is 0 Å². The van der Waals surface area contributed by atoms with Gasteiger partial charge in [0.2, 0.25) is 5.91 Å². The first-order valence-corrected chi connectivity index (χ1v) is 7.15. The number of anilines is 1. The Morgan fingerprint density at radius 1 is 1.33 bits per heavy atom. The van der Waals surface area contributed by atoms with Gasteiger partial charge in [-0.05, 0) is 43.7 Å². The highest BCUT2D eigenvalue weighted by Gasteiger charge is 2.04. The topological polar surface area (TPSA) is 72.9 Å². The molecule has 2 aromatic rings. The predicted molar refractivity (Wildman–Crippen MR) is 87.2 cm³/mol. The highest BCUT2D eigenvalue weighted by molar-refractivity contribution is 7.80. The van der Waals surface area contributed by atoms with Crippen molar-refractivity contribution in [2.24, 2.45) is 5.73 Å². The molecule has 0 radical (unpaired) electrons. The van der Waals surface area contributed by atoms with Gasteiger partial charge in [-0.1, -0.05) is 12.2 Å². The van der Waals surface area contributed by atoms with Crippen LogP contribution < -0.4 is 11.1 Å². The minimum Gasteiger partial charge on any atom is -0.389 e. The number of hydrogen-bond donors (Lipinski definition) is 2. The molecule has 5 nitrogen and oxygen atoms in total. The summed E-state index contributed by atoms with van der Waals surface area (Å²) in [5.74, 6) is -0.0112. The average molecular weight is 302 g/mol. The molecule has 0 bridgehead atoms. The third kappa shape index (κ3) is 4.39. The van der Waals surface area contributed by atoms with Gasteiger partial charge in [-0.15, -0.1) is 0 Å². The fraction of sp³-hybridized carbons (Fsp3) is 0.267. The molecule has 1 aromatic heterocycles. The Morgan fingerprint density at radius 2 is 2.05 bits per heavy atom. The second-order valence-electron chi connectivity index (χ2n) is 4.79. The van der Waals surface area contributed by atoms with Crippen molar-refractivity contribution in [1.82, 2.24) is 9.78 Å². The quantitative estimate of drug-likeness (QED) is 0.803. The van der Waals surface area contributed by atoms with E-state index in [0.717, 1.165) is 29.9 Å². The molecule has 0 unspecified atom stereocenters. The number of aromatic nitrogens is 2. The van der Waals surface area contributed by atoms with Gasteiger partial charge in [0, 0.05) is 36.1 Å². The number of carbonyl (C=O) groups excluding carboxylic acids is 1. The summed E-state index contributed by atoms with van der Waals surface area (Å²) in [6.07, 6.45) is 2.97. The monoisotopic (exact) mass is 302 g/mol. The van der Waals surface area contributed by atoms with Crippen LogP contribution in [0.15, 0.2) is 36.5 Å². The predicted octanol–water partition coefficient (Wildman–Crippen LogP) is 2.24. The van der Waals surface area contributed by atoms with Crippen LogP contribution in [0.25, 0.3) is 0 Å². The second kappa shape index (κ2) is 6.99. The molecule has 21 heavy (non-hydrogen) atoms. The summed E-state index contributed by atoms with van der Waals surface area (Å²) in [6, 6.07) is 9.13. The van der Waals surface area contributed by atoms with Crippen molar-refractivity contribution < 1.29 is 4.79 Å². The maximum absolute atomic E-state index is 11.9. The molecule has 1 heterocycles. The number of nitrogens with zero attached hydrogens (tertiary/aromatic N) is 2. The van der Waals surface area contributed by atoms with Gasteiger partial charge in [0.15, 0.2) is 0 Å². The summed E-state index contributed by atoms with van der Waals surface area (Å²) >= 11 is 4.88. The van der Waals surface area contributed by atoms with Crippen LogP contribution in [-0.4, -0.2) is 20.7 Å². The van der Waals surface area contributed by atoms with Gasteiger partial charge in [-0.2, -0.15) is 5.10 Å². The summed E-state index contributed by atoms with van der Waals surface area (Å²) in [4.78, 5) is 12.2. The zero-order valence-electron chi connectivity index (χ0n) is 11.9. The second-order valence-corrected chi connectivity index (χ2v) is 5.23. The third-order valence-corrected chi connectivity index (χ3v) is 3.39. The Labute approximate surface area is 129 Å². The minimum absolute atomic E-state index is 0.0112. The number of hydrogen-bond acceptors (Lipinski definition) is 3. The lowest BCUT2D eigenvalue weighted by Crippen LogP contribution is -2.13. The Hall–Kier alpha value is -2.21. The van der Waals surface area contributed by atoms with Crippen molar-refractivity contribution in [2.45, 2.75) is 26.3 Å². The molecule has 0 aliphatic rings. The standard InChI is InChI=1S/C15H18N4OS/c1-11-8-9-17-19(11)10-2-3-14(20)18-13-6-4-12(5-7-13)15(16)21/h4-9H,2-3,10H2,1H3,(H2,16,21)(H,18,20). The number of benzene rings is 1. The maximum atomic E-state index is 11.9. The molecule has 6 heteroatoms. The van der Waals surface area contributed by atoms with Gasteiger partial charge in [-0.25, -0.2) is 0 Å². The van der Waals surface area contributed by atoms with E-state index >= 15 is 0 Å². The van der Waals surface area contributed by atoms with Crippen LogP contribution in [0, 0.1) is 6.92 Å². The normalized spacial score (nSPS) is 10.3. The van der Waals surface area contributed by atoms with E-state index in [4.69, 9.17) is 18.0 Å². The zero-order chi connectivity index (χ0) is 15.2. The average Bonchev–Trinajstić information content (AvgIpc) is 2.85. The van der Waals surface area contributed by atoms with E-state index in [9.17, 15) is 4.79 Å². The van der Waals surface area contributed by atoms with Gasteiger partial charge < -0.3 is 11.1 Å². The molecule has 0 aliphatic carbocycles. The van der Waals surface area contributed by atoms with Crippen LogP contribution in [0.3, 0.4) is 0 Å². The van der Waals surface area contributed by atoms with E-state index in [1.807, 2.05) is 17.7 Å². The first-order chi connectivity index (χ1) is 10.1. The lowest BCUT2D eigenvalue weighted by Gasteiger charge is -2.07. The Kier molecular flexibility index (Phi) is 5.05. The molecule has 1 amide bonds. The SMILES string of the molecule is Cc1ccnn1CCCC(=O)Nc1ccc(C(N)=S)cc1. The number of rotatable bonds is 6. The third-order valence-electron chi connectivity index (χ3n) is 3.16. The summed E-state index contributed by atoms with van der Waals surface area (Å²) in [5, 5.41) is 7.03. The van der Waals surface area contributed by atoms with Crippen LogP contribution in [-0.2, 0) is 11.3 Å². The molecular weight excluding hydrogens is 284 g/mol. The number of carbonyl (C=O) groups is 1. The molecule has 0 saturated heterocycles. The summed E-state index contributed by atoms with van der Waals surface area (Å²) < 4.78 is 1.89. The Morgan fingerprint density at radius 3 is 2.62 bits per heavy atom. The highest BCUT2D eigenvalue weighted by Crippen LogP contribution is 2.10. The van der Waals surface area contributed by atoms with Crippen LogP contribution in [0.2, 0.25) is 0 Å². The molecule has 0 atom stereocenters. The van der Waals surface area contributed by atoms with Gasteiger partial charge in [0.25, 0.3) is 0 Å². The largest absolute Gasteiger partial charge is 0.389 e. The fourth-order valence-electron chi connectivity index (χ4n) is 1.96. The van der Waals surface area contributed by atoms with E-state index in [1.165, 1.54) is 0 Å². The van der Waals surface area contributed by atoms with Crippen molar-refractivity contribution in [2.75, 3.05) is 5.32 Å². The van der Waals surface area contributed by atoms with Crippen LogP contribution in [0.4, 0.5) is 5.69 Å². The summed E-state index contributed by atoms with van der Waals surface area (Å²) in [6.45, 7) is 2.74. The van der Waals surface area contributed by atoms with Gasteiger partial charge in [0.05, 0.1) is 0 Å². The molecule has 0 fully saturated rings. The van der Waals surface area contributed by atoms with Crippen molar-refractivity contribution in [1.29, 1.82) is 0 Å². The number of amides is 1. The first-order valence-electron chi connectivity index (χ1n) is 6.74. The molecule has 0 aliphatic heterocycles. The smallest absolute Gasteiger partial charge is 0.224 e. The highest BCUT2D eigenvalue weighted by atomic mass is 32.1. The molecule has 0 spiro atoms. The fourth-order valence-corrected chi connectivity index (χ4v) is 2.10. The molecule has 0 saturated carbocycles. The van der Waals surface area contributed by atoms with Gasteiger partial charge in [-0.3, -0.25) is 9.48 Å². The van der Waals surface area contributed by atoms with E-state index in [2.05, 4.69) is 10.4 Å². The van der Waals surface area contributed by atoms with E-state index in [-0.39, 0.29) is 5.91 Å². The number of thiocarbonyl (C=S) groups is 1. The Balaban J connectivity index is 1.79.